The van der Waals surface area contributed by atoms with E-state index in [1.165, 1.54) is 4.31 Å². The first kappa shape index (κ1) is 19.4. The number of piperazine rings is 1. The first-order valence-corrected chi connectivity index (χ1v) is 11.0. The standard InChI is InChI=1S/C22H23N3O3S/c26-22(21-12-7-13-24(21)18-19-8-3-1-4-9-19)23-14-16-25(17-15-23)29(27,28)20-10-5-2-6-11-20/h1-13H,14-18H2. The van der Waals surface area contributed by atoms with Gasteiger partial charge in [0.1, 0.15) is 5.69 Å². The molecule has 0 aliphatic carbocycles. The van der Waals surface area contributed by atoms with Gasteiger partial charge in [0.05, 0.1) is 4.90 Å². The molecule has 1 aliphatic rings. The van der Waals surface area contributed by atoms with E-state index >= 15 is 0 Å². The van der Waals surface area contributed by atoms with Crippen molar-refractivity contribution < 1.29 is 13.2 Å². The van der Waals surface area contributed by atoms with Crippen LogP contribution in [-0.2, 0) is 16.6 Å². The largest absolute Gasteiger partial charge is 0.339 e. The van der Waals surface area contributed by atoms with Crippen LogP contribution in [0.15, 0.2) is 83.9 Å². The highest BCUT2D eigenvalue weighted by Crippen LogP contribution is 2.18. The summed E-state index contributed by atoms with van der Waals surface area (Å²) >= 11 is 0. The van der Waals surface area contributed by atoms with E-state index in [2.05, 4.69) is 0 Å². The van der Waals surface area contributed by atoms with Crippen LogP contribution >= 0.6 is 0 Å². The highest BCUT2D eigenvalue weighted by molar-refractivity contribution is 7.89. The number of hydrogen-bond donors (Lipinski definition) is 0. The molecule has 1 aromatic heterocycles. The summed E-state index contributed by atoms with van der Waals surface area (Å²) in [5.41, 5.74) is 1.74. The van der Waals surface area contributed by atoms with Crippen molar-refractivity contribution in [1.29, 1.82) is 0 Å². The Hall–Kier alpha value is -2.90. The van der Waals surface area contributed by atoms with Crippen molar-refractivity contribution in [3.05, 3.63) is 90.3 Å². The number of carbonyl (C=O) groups is 1. The minimum atomic E-state index is -3.52. The topological polar surface area (TPSA) is 62.6 Å². The second-order valence-electron chi connectivity index (χ2n) is 7.02. The second kappa shape index (κ2) is 8.23. The van der Waals surface area contributed by atoms with E-state index in [0.717, 1.165) is 5.56 Å². The lowest BCUT2D eigenvalue weighted by molar-refractivity contribution is 0.0687. The zero-order valence-corrected chi connectivity index (χ0v) is 16.8. The molecule has 1 fully saturated rings. The van der Waals surface area contributed by atoms with Gasteiger partial charge in [-0.15, -0.1) is 0 Å². The monoisotopic (exact) mass is 409 g/mol. The normalized spacial score (nSPS) is 15.4. The molecule has 0 unspecified atom stereocenters. The first-order valence-electron chi connectivity index (χ1n) is 9.59. The Morgan fingerprint density at radius 3 is 2.07 bits per heavy atom. The number of benzene rings is 2. The smallest absolute Gasteiger partial charge is 0.270 e. The zero-order chi connectivity index (χ0) is 20.3. The molecule has 4 rings (SSSR count). The maximum atomic E-state index is 13.0. The van der Waals surface area contributed by atoms with Gasteiger partial charge in [0.25, 0.3) is 5.91 Å². The van der Waals surface area contributed by atoms with E-state index in [1.807, 2.05) is 53.2 Å². The van der Waals surface area contributed by atoms with E-state index in [1.54, 1.807) is 35.2 Å². The van der Waals surface area contributed by atoms with Crippen molar-refractivity contribution in [2.75, 3.05) is 26.2 Å². The van der Waals surface area contributed by atoms with Crippen molar-refractivity contribution >= 4 is 15.9 Å². The van der Waals surface area contributed by atoms with Gasteiger partial charge < -0.3 is 9.47 Å². The van der Waals surface area contributed by atoms with Crippen LogP contribution in [-0.4, -0.2) is 54.3 Å². The fourth-order valence-electron chi connectivity index (χ4n) is 3.56. The average molecular weight is 410 g/mol. The lowest BCUT2D eigenvalue weighted by atomic mass is 10.2. The number of aromatic nitrogens is 1. The first-order chi connectivity index (χ1) is 14.1. The van der Waals surface area contributed by atoms with Gasteiger partial charge in [-0.05, 0) is 29.8 Å². The molecule has 1 amide bonds. The van der Waals surface area contributed by atoms with Gasteiger partial charge in [-0.25, -0.2) is 8.42 Å². The highest BCUT2D eigenvalue weighted by atomic mass is 32.2. The zero-order valence-electron chi connectivity index (χ0n) is 16.0. The minimum absolute atomic E-state index is 0.0670. The van der Waals surface area contributed by atoms with Crippen LogP contribution in [0.1, 0.15) is 16.1 Å². The Balaban J connectivity index is 1.43. The lowest BCUT2D eigenvalue weighted by Crippen LogP contribution is -2.50. The summed E-state index contributed by atoms with van der Waals surface area (Å²) in [6, 6.07) is 22.1. The maximum absolute atomic E-state index is 13.0. The molecular weight excluding hydrogens is 386 g/mol. The van der Waals surface area contributed by atoms with Gasteiger partial charge in [0.15, 0.2) is 0 Å². The van der Waals surface area contributed by atoms with Crippen LogP contribution < -0.4 is 0 Å². The molecule has 1 saturated heterocycles. The molecule has 0 saturated carbocycles. The number of rotatable bonds is 5. The quantitative estimate of drug-likeness (QED) is 0.651. The molecule has 3 aromatic rings. The van der Waals surface area contributed by atoms with Crippen molar-refractivity contribution in [2.45, 2.75) is 11.4 Å². The van der Waals surface area contributed by atoms with Gasteiger partial charge in [-0.3, -0.25) is 4.79 Å². The van der Waals surface area contributed by atoms with Crippen LogP contribution in [0, 0.1) is 0 Å². The summed E-state index contributed by atoms with van der Waals surface area (Å²) in [4.78, 5) is 15.1. The summed E-state index contributed by atoms with van der Waals surface area (Å²) in [6.07, 6.45) is 1.90. The molecule has 1 aliphatic heterocycles. The lowest BCUT2D eigenvalue weighted by Gasteiger charge is -2.34. The van der Waals surface area contributed by atoms with E-state index < -0.39 is 10.0 Å². The van der Waals surface area contributed by atoms with Crippen LogP contribution in [0.4, 0.5) is 0 Å². The Kier molecular flexibility index (Phi) is 5.51. The average Bonchev–Trinajstić information content (AvgIpc) is 3.22. The molecule has 7 heteroatoms. The molecule has 0 bridgehead atoms. The van der Waals surface area contributed by atoms with Gasteiger partial charge in [-0.2, -0.15) is 4.31 Å². The number of hydrogen-bond acceptors (Lipinski definition) is 3. The Labute approximate surface area is 171 Å². The van der Waals surface area contributed by atoms with Crippen LogP contribution in [0.3, 0.4) is 0 Å². The summed E-state index contributed by atoms with van der Waals surface area (Å²) in [5.74, 6) is -0.0670. The molecule has 0 atom stereocenters. The molecular formula is C22H23N3O3S. The molecule has 2 heterocycles. The molecule has 0 radical (unpaired) electrons. The maximum Gasteiger partial charge on any atom is 0.270 e. The molecule has 0 spiro atoms. The molecule has 2 aromatic carbocycles. The van der Waals surface area contributed by atoms with Crippen molar-refractivity contribution in [1.82, 2.24) is 13.8 Å². The summed E-state index contributed by atoms with van der Waals surface area (Å²) in [5, 5.41) is 0. The SMILES string of the molecule is O=C(c1cccn1Cc1ccccc1)N1CCN(S(=O)(=O)c2ccccc2)CC1. The second-order valence-corrected chi connectivity index (χ2v) is 8.95. The van der Waals surface area contributed by atoms with E-state index in [9.17, 15) is 13.2 Å². The van der Waals surface area contributed by atoms with Crippen LogP contribution in [0.5, 0.6) is 0 Å². The predicted molar refractivity (Wildman–Crippen MR) is 111 cm³/mol. The third kappa shape index (κ3) is 4.11. The Bertz CT molecular complexity index is 1070. The van der Waals surface area contributed by atoms with E-state index in [-0.39, 0.29) is 10.8 Å². The van der Waals surface area contributed by atoms with Gasteiger partial charge in [0, 0.05) is 38.9 Å². The van der Waals surface area contributed by atoms with Crippen molar-refractivity contribution in [3.63, 3.8) is 0 Å². The minimum Gasteiger partial charge on any atom is -0.339 e. The predicted octanol–water partition coefficient (Wildman–Crippen LogP) is 2.68. The fraction of sp³-hybridized carbons (Fsp3) is 0.227. The Morgan fingerprint density at radius 2 is 1.41 bits per heavy atom. The molecule has 0 N–H and O–H groups in total. The highest BCUT2D eigenvalue weighted by Gasteiger charge is 2.30. The number of nitrogens with zero attached hydrogens (tertiary/aromatic N) is 3. The van der Waals surface area contributed by atoms with Crippen molar-refractivity contribution in [2.24, 2.45) is 0 Å². The summed E-state index contributed by atoms with van der Waals surface area (Å²) in [6.45, 7) is 1.96. The van der Waals surface area contributed by atoms with E-state index in [4.69, 9.17) is 0 Å². The number of amides is 1. The summed E-state index contributed by atoms with van der Waals surface area (Å²) in [7, 11) is -3.52. The van der Waals surface area contributed by atoms with Gasteiger partial charge in [0.2, 0.25) is 10.0 Å². The summed E-state index contributed by atoms with van der Waals surface area (Å²) < 4.78 is 28.9. The van der Waals surface area contributed by atoms with Crippen LogP contribution in [0.25, 0.3) is 0 Å². The third-order valence-electron chi connectivity index (χ3n) is 5.15. The Morgan fingerprint density at radius 1 is 0.793 bits per heavy atom. The molecule has 6 nitrogen and oxygen atoms in total. The molecule has 150 valence electrons. The van der Waals surface area contributed by atoms with Crippen molar-refractivity contribution in [3.8, 4) is 0 Å². The number of sulfonamides is 1. The molecule has 29 heavy (non-hydrogen) atoms. The van der Waals surface area contributed by atoms with Gasteiger partial charge in [-0.1, -0.05) is 48.5 Å². The number of carbonyl (C=O) groups excluding carboxylic acids is 1. The van der Waals surface area contributed by atoms with E-state index in [0.29, 0.717) is 38.4 Å². The van der Waals surface area contributed by atoms with Crippen LogP contribution in [0.2, 0.25) is 0 Å². The van der Waals surface area contributed by atoms with Gasteiger partial charge >= 0.3 is 0 Å². The third-order valence-corrected chi connectivity index (χ3v) is 7.06. The fourth-order valence-corrected chi connectivity index (χ4v) is 5.00.